The smallest absolute Gasteiger partial charge is 0.123 e. The molecule has 0 saturated carbocycles. The van der Waals surface area contributed by atoms with Crippen LogP contribution in [-0.2, 0) is 5.75 Å². The van der Waals surface area contributed by atoms with Crippen LogP contribution in [0.5, 0.6) is 0 Å². The summed E-state index contributed by atoms with van der Waals surface area (Å²) in [4.78, 5) is 4.48. The summed E-state index contributed by atoms with van der Waals surface area (Å²) >= 11 is 3.31. The molecule has 0 aliphatic rings. The minimum Gasteiger partial charge on any atom is -0.330 e. The Hall–Kier alpha value is -0.910. The molecule has 0 radical (unpaired) electrons. The Bertz CT molecular complexity index is 485. The van der Waals surface area contributed by atoms with Gasteiger partial charge in [0.1, 0.15) is 10.8 Å². The first-order valence-electron chi connectivity index (χ1n) is 5.28. The first-order valence-corrected chi connectivity index (χ1v) is 7.31. The van der Waals surface area contributed by atoms with Gasteiger partial charge in [-0.15, -0.1) is 11.3 Å². The van der Waals surface area contributed by atoms with Gasteiger partial charge in [-0.3, -0.25) is 0 Å². The van der Waals surface area contributed by atoms with Gasteiger partial charge in [0.05, 0.1) is 5.69 Å². The minimum atomic E-state index is -0.225. The van der Waals surface area contributed by atoms with Gasteiger partial charge in [0.2, 0.25) is 0 Å². The van der Waals surface area contributed by atoms with E-state index < -0.39 is 0 Å². The molecule has 1 aromatic heterocycles. The van der Waals surface area contributed by atoms with Gasteiger partial charge < -0.3 is 5.73 Å². The zero-order valence-electron chi connectivity index (χ0n) is 9.23. The van der Waals surface area contributed by atoms with Gasteiger partial charge in [-0.1, -0.05) is 12.1 Å². The highest BCUT2D eigenvalue weighted by Gasteiger charge is 2.05. The second-order valence-corrected chi connectivity index (χ2v) is 5.46. The molecule has 0 aliphatic heterocycles. The summed E-state index contributed by atoms with van der Waals surface area (Å²) in [6.07, 6.45) is 0. The number of nitrogens with zero attached hydrogens (tertiary/aromatic N) is 1. The fourth-order valence-corrected chi connectivity index (χ4v) is 2.98. The van der Waals surface area contributed by atoms with Crippen molar-refractivity contribution in [2.75, 3.05) is 12.3 Å². The number of hydrogen-bond donors (Lipinski definition) is 1. The fraction of sp³-hybridized carbons (Fsp3) is 0.250. The zero-order chi connectivity index (χ0) is 12.1. The highest BCUT2D eigenvalue weighted by Crippen LogP contribution is 2.25. The van der Waals surface area contributed by atoms with Crippen LogP contribution in [-0.4, -0.2) is 17.3 Å². The lowest BCUT2D eigenvalue weighted by molar-refractivity contribution is 0.628. The first kappa shape index (κ1) is 12.5. The van der Waals surface area contributed by atoms with Crippen LogP contribution >= 0.6 is 23.1 Å². The van der Waals surface area contributed by atoms with Crippen LogP contribution in [0.25, 0.3) is 10.6 Å². The predicted octanol–water partition coefficient (Wildman–Crippen LogP) is 3.14. The van der Waals surface area contributed by atoms with E-state index in [0.29, 0.717) is 6.54 Å². The van der Waals surface area contributed by atoms with Gasteiger partial charge in [0.25, 0.3) is 0 Å². The molecule has 17 heavy (non-hydrogen) atoms. The van der Waals surface area contributed by atoms with Gasteiger partial charge in [0.15, 0.2) is 0 Å². The quantitative estimate of drug-likeness (QED) is 0.847. The number of halogens is 1. The number of hydrogen-bond acceptors (Lipinski definition) is 4. The third-order valence-electron chi connectivity index (χ3n) is 2.14. The molecule has 0 aliphatic carbocycles. The molecule has 0 atom stereocenters. The largest absolute Gasteiger partial charge is 0.330 e. The first-order chi connectivity index (χ1) is 8.29. The van der Waals surface area contributed by atoms with Crippen LogP contribution in [0.4, 0.5) is 4.39 Å². The van der Waals surface area contributed by atoms with Crippen LogP contribution in [0.15, 0.2) is 29.6 Å². The molecular weight excluding hydrogens is 255 g/mol. The Morgan fingerprint density at radius 3 is 3.06 bits per heavy atom. The molecule has 90 valence electrons. The van der Waals surface area contributed by atoms with E-state index in [1.807, 2.05) is 11.4 Å². The Morgan fingerprint density at radius 2 is 2.29 bits per heavy atom. The van der Waals surface area contributed by atoms with Gasteiger partial charge >= 0.3 is 0 Å². The third-order valence-corrected chi connectivity index (χ3v) is 4.10. The molecule has 1 heterocycles. The lowest BCUT2D eigenvalue weighted by atomic mass is 10.2. The number of benzene rings is 1. The molecule has 0 amide bonds. The molecule has 2 aromatic rings. The Morgan fingerprint density at radius 1 is 1.41 bits per heavy atom. The molecule has 0 bridgehead atoms. The SMILES string of the molecule is NCCSCc1csc(-c2cccc(F)c2)n1. The molecular formula is C12H13FN2S2. The number of aromatic nitrogens is 1. The van der Waals surface area contributed by atoms with E-state index in [1.54, 1.807) is 29.2 Å². The number of nitrogens with two attached hydrogens (primary N) is 1. The lowest BCUT2D eigenvalue weighted by Crippen LogP contribution is -2.01. The molecule has 5 heteroatoms. The molecule has 0 spiro atoms. The molecule has 2 rings (SSSR count). The molecule has 2 nitrogen and oxygen atoms in total. The van der Waals surface area contributed by atoms with Crippen molar-refractivity contribution in [3.8, 4) is 10.6 Å². The maximum Gasteiger partial charge on any atom is 0.123 e. The van der Waals surface area contributed by atoms with Crippen molar-refractivity contribution >= 4 is 23.1 Å². The molecule has 0 unspecified atom stereocenters. The molecule has 1 aromatic carbocycles. The Labute approximate surface area is 108 Å². The highest BCUT2D eigenvalue weighted by atomic mass is 32.2. The van der Waals surface area contributed by atoms with Crippen molar-refractivity contribution in [2.24, 2.45) is 5.73 Å². The summed E-state index contributed by atoms with van der Waals surface area (Å²) in [5, 5.41) is 2.89. The number of thiazole rings is 1. The maximum absolute atomic E-state index is 13.1. The average Bonchev–Trinajstić information content (AvgIpc) is 2.78. The number of rotatable bonds is 5. The fourth-order valence-electron chi connectivity index (χ4n) is 1.39. The predicted molar refractivity (Wildman–Crippen MR) is 72.7 cm³/mol. The van der Waals surface area contributed by atoms with Crippen LogP contribution < -0.4 is 5.73 Å². The molecule has 2 N–H and O–H groups in total. The van der Waals surface area contributed by atoms with Crippen LogP contribution in [0.1, 0.15) is 5.69 Å². The molecule has 0 saturated heterocycles. The Kier molecular flexibility index (Phi) is 4.53. The number of thioether (sulfide) groups is 1. The van der Waals surface area contributed by atoms with E-state index in [1.165, 1.54) is 12.1 Å². The van der Waals surface area contributed by atoms with E-state index in [2.05, 4.69) is 4.98 Å². The highest BCUT2D eigenvalue weighted by molar-refractivity contribution is 7.98. The van der Waals surface area contributed by atoms with Crippen molar-refractivity contribution in [1.29, 1.82) is 0 Å². The summed E-state index contributed by atoms with van der Waals surface area (Å²) in [6, 6.07) is 6.53. The van der Waals surface area contributed by atoms with Crippen molar-refractivity contribution in [3.63, 3.8) is 0 Å². The summed E-state index contributed by atoms with van der Waals surface area (Å²) in [5.41, 5.74) is 7.30. The van der Waals surface area contributed by atoms with E-state index in [0.717, 1.165) is 27.8 Å². The van der Waals surface area contributed by atoms with Gasteiger partial charge in [0, 0.05) is 29.0 Å². The minimum absolute atomic E-state index is 0.225. The topological polar surface area (TPSA) is 38.9 Å². The normalized spacial score (nSPS) is 10.7. The molecule has 0 fully saturated rings. The summed E-state index contributed by atoms with van der Waals surface area (Å²) in [5.74, 6) is 1.58. The zero-order valence-corrected chi connectivity index (χ0v) is 10.9. The second-order valence-electron chi connectivity index (χ2n) is 3.50. The van der Waals surface area contributed by atoms with E-state index in [-0.39, 0.29) is 5.82 Å². The van der Waals surface area contributed by atoms with Gasteiger partial charge in [-0.2, -0.15) is 11.8 Å². The lowest BCUT2D eigenvalue weighted by Gasteiger charge is -1.96. The van der Waals surface area contributed by atoms with Crippen molar-refractivity contribution < 1.29 is 4.39 Å². The van der Waals surface area contributed by atoms with Crippen LogP contribution in [0.2, 0.25) is 0 Å². The second kappa shape index (κ2) is 6.14. The Balaban J connectivity index is 2.07. The van der Waals surface area contributed by atoms with E-state index in [9.17, 15) is 4.39 Å². The standard InChI is InChI=1S/C12H13FN2S2/c13-10-3-1-2-9(6-10)12-15-11(8-17-12)7-16-5-4-14/h1-3,6,8H,4-5,7,14H2. The average molecular weight is 268 g/mol. The van der Waals surface area contributed by atoms with Gasteiger partial charge in [-0.05, 0) is 12.1 Å². The van der Waals surface area contributed by atoms with Crippen molar-refractivity contribution in [1.82, 2.24) is 4.98 Å². The summed E-state index contributed by atoms with van der Waals surface area (Å²) < 4.78 is 13.1. The van der Waals surface area contributed by atoms with Crippen LogP contribution in [0.3, 0.4) is 0 Å². The third kappa shape index (κ3) is 3.52. The monoisotopic (exact) mass is 268 g/mol. The van der Waals surface area contributed by atoms with E-state index in [4.69, 9.17) is 5.73 Å². The van der Waals surface area contributed by atoms with Crippen molar-refractivity contribution in [2.45, 2.75) is 5.75 Å². The van der Waals surface area contributed by atoms with Crippen molar-refractivity contribution in [3.05, 3.63) is 41.2 Å². The van der Waals surface area contributed by atoms with Crippen LogP contribution in [0, 0.1) is 5.82 Å². The van der Waals surface area contributed by atoms with E-state index >= 15 is 0 Å². The summed E-state index contributed by atoms with van der Waals surface area (Å²) in [7, 11) is 0. The summed E-state index contributed by atoms with van der Waals surface area (Å²) in [6.45, 7) is 0.686. The maximum atomic E-state index is 13.1. The van der Waals surface area contributed by atoms with Gasteiger partial charge in [-0.25, -0.2) is 9.37 Å².